The first-order valence-electron chi connectivity index (χ1n) is 13.6. The fourth-order valence-electron chi connectivity index (χ4n) is 6.16. The van der Waals surface area contributed by atoms with Gasteiger partial charge in [0.15, 0.2) is 0 Å². The lowest BCUT2D eigenvalue weighted by molar-refractivity contribution is -0.0140. The van der Waals surface area contributed by atoms with Crippen molar-refractivity contribution in [1.82, 2.24) is 10.2 Å². The van der Waals surface area contributed by atoms with Gasteiger partial charge in [0.05, 0.1) is 6.61 Å². The van der Waals surface area contributed by atoms with E-state index in [-0.39, 0.29) is 5.82 Å². The van der Waals surface area contributed by atoms with Crippen molar-refractivity contribution in [3.63, 3.8) is 0 Å². The van der Waals surface area contributed by atoms with Crippen LogP contribution in [0.25, 0.3) is 11.1 Å². The van der Waals surface area contributed by atoms with Crippen LogP contribution in [-0.2, 0) is 36.5 Å². The van der Waals surface area contributed by atoms with Crippen LogP contribution in [0.1, 0.15) is 51.8 Å². The molecule has 0 saturated carbocycles. The van der Waals surface area contributed by atoms with E-state index >= 15 is 0 Å². The molecule has 6 rings (SSSR count). The van der Waals surface area contributed by atoms with Gasteiger partial charge in [-0.15, -0.1) is 0 Å². The highest BCUT2D eigenvalue weighted by molar-refractivity contribution is 5.76. The Bertz CT molecular complexity index is 1450. The highest BCUT2D eigenvalue weighted by atomic mass is 19.1. The van der Waals surface area contributed by atoms with Crippen molar-refractivity contribution in [3.05, 3.63) is 130 Å². The maximum atomic E-state index is 13.7. The molecule has 0 aromatic heterocycles. The molecule has 4 aromatic carbocycles. The van der Waals surface area contributed by atoms with Crippen LogP contribution in [0.2, 0.25) is 0 Å². The van der Waals surface area contributed by atoms with E-state index in [4.69, 9.17) is 4.74 Å². The summed E-state index contributed by atoms with van der Waals surface area (Å²) in [5.41, 5.74) is 11.1. The molecular weight excluding hydrogens is 471 g/mol. The Kier molecular flexibility index (Phi) is 6.87. The summed E-state index contributed by atoms with van der Waals surface area (Å²) in [5, 5.41) is 3.64. The first-order chi connectivity index (χ1) is 18.5. The van der Waals surface area contributed by atoms with E-state index in [1.54, 1.807) is 12.1 Å². The monoisotopic (exact) mass is 506 g/mol. The Balaban J connectivity index is 1.15. The SMILES string of the molecule is CN(C)CCCC1(c2ccc(F)cc2)OCc2cc(CNCc3ccc4c(c3)Cc3ccccc3-4)ccc21. The quantitative estimate of drug-likeness (QED) is 0.238. The molecule has 4 heteroatoms. The summed E-state index contributed by atoms with van der Waals surface area (Å²) in [6, 6.07) is 29.1. The molecule has 1 aliphatic carbocycles. The van der Waals surface area contributed by atoms with Gasteiger partial charge in [-0.1, -0.05) is 72.8 Å². The van der Waals surface area contributed by atoms with Crippen molar-refractivity contribution in [2.75, 3.05) is 20.6 Å². The second kappa shape index (κ2) is 10.5. The predicted octanol–water partition coefficient (Wildman–Crippen LogP) is 6.80. The minimum absolute atomic E-state index is 0.218. The van der Waals surface area contributed by atoms with Gasteiger partial charge in [-0.2, -0.15) is 0 Å². The highest BCUT2D eigenvalue weighted by Crippen LogP contribution is 2.45. The number of rotatable bonds is 9. The zero-order chi connectivity index (χ0) is 26.1. The molecule has 0 bridgehead atoms. The Morgan fingerprint density at radius 1 is 0.816 bits per heavy atom. The highest BCUT2D eigenvalue weighted by Gasteiger charge is 2.41. The number of ether oxygens (including phenoxy) is 1. The summed E-state index contributed by atoms with van der Waals surface area (Å²) in [5.74, 6) is -0.218. The molecule has 1 atom stereocenters. The van der Waals surface area contributed by atoms with Crippen molar-refractivity contribution in [3.8, 4) is 11.1 Å². The van der Waals surface area contributed by atoms with Crippen LogP contribution in [0.3, 0.4) is 0 Å². The summed E-state index contributed by atoms with van der Waals surface area (Å²) >= 11 is 0. The van der Waals surface area contributed by atoms with Gasteiger partial charge in [0.25, 0.3) is 0 Å². The molecule has 3 nitrogen and oxygen atoms in total. The Labute approximate surface area is 225 Å². The van der Waals surface area contributed by atoms with E-state index in [1.165, 1.54) is 44.5 Å². The van der Waals surface area contributed by atoms with Gasteiger partial charge in [-0.3, -0.25) is 0 Å². The number of hydrogen-bond donors (Lipinski definition) is 1. The van der Waals surface area contributed by atoms with E-state index in [1.807, 2.05) is 12.1 Å². The van der Waals surface area contributed by atoms with Gasteiger partial charge in [-0.05, 0) is 102 Å². The first kappa shape index (κ1) is 25.0. The Morgan fingerprint density at radius 3 is 2.32 bits per heavy atom. The molecule has 0 fully saturated rings. The molecule has 0 amide bonds. The summed E-state index contributed by atoms with van der Waals surface area (Å²) < 4.78 is 20.3. The van der Waals surface area contributed by atoms with E-state index in [9.17, 15) is 4.39 Å². The molecule has 1 aliphatic heterocycles. The number of hydrogen-bond acceptors (Lipinski definition) is 3. The fourth-order valence-corrected chi connectivity index (χ4v) is 6.16. The standard InChI is InChI=1S/C34H35FN2O/c1-37(2)17-5-16-34(29-10-12-30(35)13-11-29)33-15-9-25(19-28(33)23-38-34)22-36-21-24-8-14-32-27(18-24)20-26-6-3-4-7-31(26)32/h3-4,6-15,18-19,36H,5,16-17,20-23H2,1-2H3. The van der Waals surface area contributed by atoms with Crippen molar-refractivity contribution >= 4 is 0 Å². The molecule has 38 heavy (non-hydrogen) atoms. The normalized spacial score (nSPS) is 17.5. The van der Waals surface area contributed by atoms with E-state index < -0.39 is 5.60 Å². The van der Waals surface area contributed by atoms with E-state index in [2.05, 4.69) is 85.0 Å². The van der Waals surface area contributed by atoms with Crippen molar-refractivity contribution < 1.29 is 9.13 Å². The van der Waals surface area contributed by atoms with Gasteiger partial charge in [-0.25, -0.2) is 4.39 Å². The number of nitrogens with zero attached hydrogens (tertiary/aromatic N) is 1. The van der Waals surface area contributed by atoms with Gasteiger partial charge in [0.1, 0.15) is 11.4 Å². The van der Waals surface area contributed by atoms with E-state index in [0.29, 0.717) is 6.61 Å². The third kappa shape index (κ3) is 4.80. The largest absolute Gasteiger partial charge is 0.361 e. The minimum atomic E-state index is -0.521. The fraction of sp³-hybridized carbons (Fsp3) is 0.294. The molecule has 1 heterocycles. The summed E-state index contributed by atoms with van der Waals surface area (Å²) in [7, 11) is 4.18. The zero-order valence-electron chi connectivity index (χ0n) is 22.3. The molecule has 2 aliphatic rings. The van der Waals surface area contributed by atoms with Crippen LogP contribution in [0.5, 0.6) is 0 Å². The van der Waals surface area contributed by atoms with Crippen molar-refractivity contribution in [1.29, 1.82) is 0 Å². The van der Waals surface area contributed by atoms with E-state index in [0.717, 1.165) is 44.5 Å². The number of fused-ring (bicyclic) bond motifs is 4. The van der Waals surface area contributed by atoms with Crippen LogP contribution in [0.15, 0.2) is 84.9 Å². The van der Waals surface area contributed by atoms with Gasteiger partial charge in [0.2, 0.25) is 0 Å². The number of nitrogens with one attached hydrogen (secondary N) is 1. The molecule has 0 radical (unpaired) electrons. The molecule has 194 valence electrons. The predicted molar refractivity (Wildman–Crippen MR) is 151 cm³/mol. The van der Waals surface area contributed by atoms with Gasteiger partial charge >= 0.3 is 0 Å². The lowest BCUT2D eigenvalue weighted by Crippen LogP contribution is -2.28. The molecule has 1 N–H and O–H groups in total. The average Bonchev–Trinajstić information content (AvgIpc) is 3.47. The minimum Gasteiger partial charge on any atom is -0.361 e. The van der Waals surface area contributed by atoms with Crippen LogP contribution in [-0.4, -0.2) is 25.5 Å². The Morgan fingerprint density at radius 2 is 1.53 bits per heavy atom. The van der Waals surface area contributed by atoms with Crippen LogP contribution >= 0.6 is 0 Å². The second-order valence-electron chi connectivity index (χ2n) is 10.9. The third-order valence-corrected chi connectivity index (χ3v) is 8.04. The number of benzene rings is 4. The molecule has 0 saturated heterocycles. The molecular formula is C34H35FN2O. The maximum Gasteiger partial charge on any atom is 0.123 e. The Hall–Kier alpha value is -3.31. The van der Waals surface area contributed by atoms with Crippen molar-refractivity contribution in [2.24, 2.45) is 0 Å². The first-order valence-corrected chi connectivity index (χ1v) is 13.6. The molecule has 0 spiro atoms. The summed E-state index contributed by atoms with van der Waals surface area (Å²) in [6.07, 6.45) is 2.89. The topological polar surface area (TPSA) is 24.5 Å². The van der Waals surface area contributed by atoms with Crippen LogP contribution in [0, 0.1) is 5.82 Å². The average molecular weight is 507 g/mol. The lowest BCUT2D eigenvalue weighted by atomic mass is 9.81. The van der Waals surface area contributed by atoms with Crippen LogP contribution in [0.4, 0.5) is 4.39 Å². The van der Waals surface area contributed by atoms with Crippen molar-refractivity contribution in [2.45, 2.75) is 44.6 Å². The van der Waals surface area contributed by atoms with Gasteiger partial charge < -0.3 is 15.0 Å². The molecule has 4 aromatic rings. The zero-order valence-corrected chi connectivity index (χ0v) is 22.3. The number of halogens is 1. The third-order valence-electron chi connectivity index (χ3n) is 8.04. The summed E-state index contributed by atoms with van der Waals surface area (Å²) in [4.78, 5) is 2.20. The van der Waals surface area contributed by atoms with Crippen LogP contribution < -0.4 is 5.32 Å². The molecule has 1 unspecified atom stereocenters. The maximum absolute atomic E-state index is 13.7. The smallest absolute Gasteiger partial charge is 0.123 e. The van der Waals surface area contributed by atoms with Gasteiger partial charge in [0, 0.05) is 13.1 Å². The second-order valence-corrected chi connectivity index (χ2v) is 10.9. The summed E-state index contributed by atoms with van der Waals surface area (Å²) in [6.45, 7) is 3.20. The lowest BCUT2D eigenvalue weighted by Gasteiger charge is -2.31.